The highest BCUT2D eigenvalue weighted by atomic mass is 16.5. The average molecular weight is 278 g/mol. The molecule has 1 unspecified atom stereocenters. The van der Waals surface area contributed by atoms with Gasteiger partial charge in [-0.25, -0.2) is 0 Å². The minimum absolute atomic E-state index is 0.116. The van der Waals surface area contributed by atoms with E-state index in [1.165, 1.54) is 17.7 Å². The molecule has 0 aromatic heterocycles. The van der Waals surface area contributed by atoms with Crippen LogP contribution in [-0.2, 0) is 4.74 Å². The van der Waals surface area contributed by atoms with Crippen molar-refractivity contribution >= 4 is 5.69 Å². The Morgan fingerprint density at radius 2 is 2.15 bits per heavy atom. The fraction of sp³-hybridized carbons (Fsp3) is 0.625. The minimum atomic E-state index is 0.116. The maximum atomic E-state index is 5.80. The molecule has 1 saturated heterocycles. The Hall–Kier alpha value is -1.26. The number of hydrogen-bond acceptors (Lipinski definition) is 4. The van der Waals surface area contributed by atoms with Crippen LogP contribution in [0.1, 0.15) is 18.9 Å². The first kappa shape index (κ1) is 15.1. The number of benzene rings is 1. The number of nitrogens with zero attached hydrogens (tertiary/aromatic N) is 1. The number of aryl methyl sites for hydroxylation is 1. The number of ether oxygens (including phenoxy) is 2. The van der Waals surface area contributed by atoms with Crippen molar-refractivity contribution in [1.82, 2.24) is 5.32 Å². The van der Waals surface area contributed by atoms with E-state index >= 15 is 0 Å². The van der Waals surface area contributed by atoms with Crippen LogP contribution >= 0.6 is 0 Å². The molecule has 1 atom stereocenters. The third-order valence-electron chi connectivity index (χ3n) is 3.74. The average Bonchev–Trinajstić information content (AvgIpc) is 2.74. The number of nitrogens with one attached hydrogen (secondary N) is 1. The van der Waals surface area contributed by atoms with Gasteiger partial charge in [0.2, 0.25) is 0 Å². The maximum absolute atomic E-state index is 5.80. The molecule has 1 aromatic carbocycles. The van der Waals surface area contributed by atoms with E-state index in [1.807, 2.05) is 6.92 Å². The van der Waals surface area contributed by atoms with Crippen molar-refractivity contribution in [3.63, 3.8) is 0 Å². The van der Waals surface area contributed by atoms with E-state index in [1.54, 1.807) is 7.11 Å². The summed E-state index contributed by atoms with van der Waals surface area (Å²) < 4.78 is 11.0. The van der Waals surface area contributed by atoms with Crippen molar-refractivity contribution in [2.45, 2.75) is 26.4 Å². The second-order valence-corrected chi connectivity index (χ2v) is 5.40. The lowest BCUT2D eigenvalue weighted by Gasteiger charge is -2.23. The highest BCUT2D eigenvalue weighted by Crippen LogP contribution is 2.25. The second kappa shape index (κ2) is 7.50. The zero-order valence-electron chi connectivity index (χ0n) is 12.8. The number of rotatable bonds is 5. The zero-order chi connectivity index (χ0) is 14.4. The van der Waals surface area contributed by atoms with Crippen LogP contribution in [0.15, 0.2) is 18.2 Å². The highest BCUT2D eigenvalue weighted by molar-refractivity contribution is 5.53. The second-order valence-electron chi connectivity index (χ2n) is 5.40. The normalized spacial score (nSPS) is 17.6. The van der Waals surface area contributed by atoms with Crippen LogP contribution in [0.2, 0.25) is 0 Å². The molecule has 1 aliphatic rings. The topological polar surface area (TPSA) is 33.7 Å². The predicted molar refractivity (Wildman–Crippen MR) is 82.8 cm³/mol. The van der Waals surface area contributed by atoms with E-state index in [-0.39, 0.29) is 6.10 Å². The van der Waals surface area contributed by atoms with Crippen LogP contribution < -0.4 is 15.0 Å². The third kappa shape index (κ3) is 4.12. The maximum Gasteiger partial charge on any atom is 0.122 e. The number of methoxy groups -OCH3 is 1. The molecule has 0 saturated carbocycles. The van der Waals surface area contributed by atoms with Gasteiger partial charge in [0, 0.05) is 32.4 Å². The van der Waals surface area contributed by atoms with Crippen molar-refractivity contribution < 1.29 is 9.47 Å². The first-order valence-electron chi connectivity index (χ1n) is 7.42. The minimum Gasteiger partial charge on any atom is -0.491 e. The van der Waals surface area contributed by atoms with Crippen molar-refractivity contribution in [2.24, 2.45) is 0 Å². The van der Waals surface area contributed by atoms with Gasteiger partial charge < -0.3 is 19.7 Å². The lowest BCUT2D eigenvalue weighted by atomic mass is 10.2. The Morgan fingerprint density at radius 1 is 1.30 bits per heavy atom. The van der Waals surface area contributed by atoms with E-state index in [9.17, 15) is 0 Å². The molecule has 4 heteroatoms. The van der Waals surface area contributed by atoms with Crippen LogP contribution in [-0.4, -0.2) is 46.0 Å². The molecule has 112 valence electrons. The number of anilines is 1. The molecule has 4 nitrogen and oxygen atoms in total. The summed E-state index contributed by atoms with van der Waals surface area (Å²) >= 11 is 0. The van der Waals surface area contributed by atoms with Crippen LogP contribution in [0, 0.1) is 6.92 Å². The lowest BCUT2D eigenvalue weighted by Crippen LogP contribution is -2.27. The Kier molecular flexibility index (Phi) is 5.68. The fourth-order valence-electron chi connectivity index (χ4n) is 2.37. The van der Waals surface area contributed by atoms with Gasteiger partial charge in [-0.2, -0.15) is 0 Å². The van der Waals surface area contributed by atoms with Gasteiger partial charge in [-0.3, -0.25) is 0 Å². The Labute approximate surface area is 122 Å². The molecule has 0 amide bonds. The van der Waals surface area contributed by atoms with Gasteiger partial charge in [0.1, 0.15) is 12.4 Å². The molecular formula is C16H26N2O2. The smallest absolute Gasteiger partial charge is 0.122 e. The lowest BCUT2D eigenvalue weighted by molar-refractivity contribution is 0.0714. The summed E-state index contributed by atoms with van der Waals surface area (Å²) in [4.78, 5) is 2.44. The van der Waals surface area contributed by atoms with Crippen molar-refractivity contribution in [1.29, 1.82) is 0 Å². The number of hydrogen-bond donors (Lipinski definition) is 1. The van der Waals surface area contributed by atoms with E-state index < -0.39 is 0 Å². The predicted octanol–water partition coefficient (Wildman–Crippen LogP) is 2.21. The van der Waals surface area contributed by atoms with Gasteiger partial charge in [0.25, 0.3) is 0 Å². The van der Waals surface area contributed by atoms with Gasteiger partial charge in [-0.15, -0.1) is 0 Å². The summed E-state index contributed by atoms with van der Waals surface area (Å²) in [6, 6.07) is 6.45. The fourth-order valence-corrected chi connectivity index (χ4v) is 2.37. The molecule has 0 spiro atoms. The van der Waals surface area contributed by atoms with Crippen LogP contribution in [0.3, 0.4) is 0 Å². The summed E-state index contributed by atoms with van der Waals surface area (Å²) in [5, 5.41) is 3.43. The molecule has 1 aliphatic heterocycles. The van der Waals surface area contributed by atoms with Crippen molar-refractivity contribution in [2.75, 3.05) is 44.8 Å². The Balaban J connectivity index is 2.00. The molecular weight excluding hydrogens is 252 g/mol. The van der Waals surface area contributed by atoms with Gasteiger partial charge in [-0.1, -0.05) is 0 Å². The Morgan fingerprint density at radius 3 is 2.90 bits per heavy atom. The summed E-state index contributed by atoms with van der Waals surface area (Å²) in [5.74, 6) is 0.950. The summed E-state index contributed by atoms with van der Waals surface area (Å²) in [5.41, 5.74) is 2.47. The van der Waals surface area contributed by atoms with Gasteiger partial charge in [0.15, 0.2) is 0 Å². The molecule has 0 radical (unpaired) electrons. The SMILES string of the molecule is COC(C)COc1ccc(N2CCCNCC2)cc1C. The molecule has 0 aliphatic carbocycles. The van der Waals surface area contributed by atoms with Crippen molar-refractivity contribution in [3.05, 3.63) is 23.8 Å². The summed E-state index contributed by atoms with van der Waals surface area (Å²) in [6.07, 6.45) is 1.31. The summed E-state index contributed by atoms with van der Waals surface area (Å²) in [7, 11) is 1.71. The van der Waals surface area contributed by atoms with Crippen LogP contribution in [0.4, 0.5) is 5.69 Å². The monoisotopic (exact) mass is 278 g/mol. The largest absolute Gasteiger partial charge is 0.491 e. The highest BCUT2D eigenvalue weighted by Gasteiger charge is 2.11. The van der Waals surface area contributed by atoms with E-state index in [0.717, 1.165) is 31.9 Å². The first-order valence-corrected chi connectivity index (χ1v) is 7.42. The summed E-state index contributed by atoms with van der Waals surface area (Å²) in [6.45, 7) is 9.06. The third-order valence-corrected chi connectivity index (χ3v) is 3.74. The molecule has 1 fully saturated rings. The Bertz CT molecular complexity index is 415. The standard InChI is InChI=1S/C16H26N2O2/c1-13-11-15(18-9-4-7-17-8-10-18)5-6-16(13)20-12-14(2)19-3/h5-6,11,14,17H,4,7-10,12H2,1-3H3. The van der Waals surface area contributed by atoms with E-state index in [2.05, 4.69) is 35.3 Å². The first-order chi connectivity index (χ1) is 9.70. The molecule has 20 heavy (non-hydrogen) atoms. The van der Waals surface area contributed by atoms with Crippen molar-refractivity contribution in [3.8, 4) is 5.75 Å². The zero-order valence-corrected chi connectivity index (χ0v) is 12.8. The quantitative estimate of drug-likeness (QED) is 0.895. The van der Waals surface area contributed by atoms with Gasteiger partial charge >= 0.3 is 0 Å². The molecule has 1 N–H and O–H groups in total. The molecule has 2 rings (SSSR count). The van der Waals surface area contributed by atoms with Gasteiger partial charge in [0.05, 0.1) is 6.10 Å². The van der Waals surface area contributed by atoms with Gasteiger partial charge in [-0.05, 0) is 50.6 Å². The van der Waals surface area contributed by atoms with Crippen LogP contribution in [0.5, 0.6) is 5.75 Å². The van der Waals surface area contributed by atoms with Crippen LogP contribution in [0.25, 0.3) is 0 Å². The molecule has 0 bridgehead atoms. The van der Waals surface area contributed by atoms with E-state index in [4.69, 9.17) is 9.47 Å². The van der Waals surface area contributed by atoms with E-state index in [0.29, 0.717) is 6.61 Å². The molecule has 1 heterocycles. The molecule has 1 aromatic rings.